The summed E-state index contributed by atoms with van der Waals surface area (Å²) in [6.07, 6.45) is -2.79. The van der Waals surface area contributed by atoms with Gasteiger partial charge in [0.1, 0.15) is 6.10 Å². The van der Waals surface area contributed by atoms with E-state index >= 15 is 0 Å². The molecule has 0 aliphatic rings. The monoisotopic (exact) mass is 254 g/mol. The third kappa shape index (κ3) is 2.86. The lowest BCUT2D eigenvalue weighted by atomic mass is 10.1. The van der Waals surface area contributed by atoms with Crippen LogP contribution in [0.2, 0.25) is 5.02 Å². The molecule has 4 nitrogen and oxygen atoms in total. The Morgan fingerprint density at radius 1 is 1.44 bits per heavy atom. The highest BCUT2D eigenvalue weighted by Gasteiger charge is 2.18. The van der Waals surface area contributed by atoms with Gasteiger partial charge in [-0.3, -0.25) is 0 Å². The second kappa shape index (κ2) is 5.71. The first-order valence-electron chi connectivity index (χ1n) is 4.23. The number of aliphatic hydroxyl groups is 2. The van der Waals surface area contributed by atoms with Crippen LogP contribution in [0.4, 0.5) is 5.69 Å². The standard InChI is InChI=1S/C10H7ClN2O2S/c11-7-3-6(10(15)9(14)4-12)1-2-8(7)13-5-16/h1-3,9-10,14-15H. The van der Waals surface area contributed by atoms with Crippen LogP contribution in [-0.4, -0.2) is 21.5 Å². The fraction of sp³-hybridized carbons (Fsp3) is 0.200. The molecular formula is C10H7ClN2O2S. The highest BCUT2D eigenvalue weighted by molar-refractivity contribution is 7.78. The van der Waals surface area contributed by atoms with Crippen LogP contribution in [0.3, 0.4) is 0 Å². The molecule has 1 aromatic rings. The van der Waals surface area contributed by atoms with Gasteiger partial charge in [0.05, 0.1) is 21.9 Å². The number of hydrogen-bond acceptors (Lipinski definition) is 5. The van der Waals surface area contributed by atoms with Gasteiger partial charge in [-0.15, -0.1) is 0 Å². The van der Waals surface area contributed by atoms with E-state index in [0.29, 0.717) is 11.3 Å². The van der Waals surface area contributed by atoms with Crippen molar-refractivity contribution >= 4 is 34.7 Å². The highest BCUT2D eigenvalue weighted by atomic mass is 35.5. The normalized spacial score (nSPS) is 13.4. The molecule has 0 radical (unpaired) electrons. The number of hydrogen-bond donors (Lipinski definition) is 2. The van der Waals surface area contributed by atoms with Crippen LogP contribution in [0, 0.1) is 11.3 Å². The predicted molar refractivity (Wildman–Crippen MR) is 62.7 cm³/mol. The van der Waals surface area contributed by atoms with Crippen LogP contribution < -0.4 is 0 Å². The molecule has 0 heterocycles. The number of isothiocyanates is 1. The van der Waals surface area contributed by atoms with E-state index in [0.717, 1.165) is 0 Å². The topological polar surface area (TPSA) is 76.6 Å². The lowest BCUT2D eigenvalue weighted by Gasteiger charge is -2.12. The number of thiocarbonyl (C=S) groups is 1. The number of halogens is 1. The third-order valence-electron chi connectivity index (χ3n) is 1.91. The van der Waals surface area contributed by atoms with Gasteiger partial charge in [-0.25, -0.2) is 0 Å². The summed E-state index contributed by atoms with van der Waals surface area (Å²) in [4.78, 5) is 3.70. The van der Waals surface area contributed by atoms with E-state index in [-0.39, 0.29) is 5.02 Å². The third-order valence-corrected chi connectivity index (χ3v) is 2.30. The van der Waals surface area contributed by atoms with E-state index in [1.807, 2.05) is 0 Å². The molecule has 16 heavy (non-hydrogen) atoms. The lowest BCUT2D eigenvalue weighted by Crippen LogP contribution is -2.15. The zero-order valence-electron chi connectivity index (χ0n) is 7.96. The lowest BCUT2D eigenvalue weighted by molar-refractivity contribution is 0.0528. The van der Waals surface area contributed by atoms with E-state index in [2.05, 4.69) is 22.4 Å². The molecule has 82 valence electrons. The van der Waals surface area contributed by atoms with Crippen LogP contribution in [-0.2, 0) is 0 Å². The van der Waals surface area contributed by atoms with Crippen LogP contribution in [0.1, 0.15) is 11.7 Å². The second-order valence-corrected chi connectivity index (χ2v) is 3.52. The Hall–Kier alpha value is -1.28. The highest BCUT2D eigenvalue weighted by Crippen LogP contribution is 2.28. The summed E-state index contributed by atoms with van der Waals surface area (Å²) in [7, 11) is 0. The minimum atomic E-state index is -1.49. The van der Waals surface area contributed by atoms with E-state index in [1.165, 1.54) is 24.3 Å². The zero-order chi connectivity index (χ0) is 12.1. The van der Waals surface area contributed by atoms with Gasteiger partial charge in [-0.2, -0.15) is 10.3 Å². The first kappa shape index (κ1) is 12.8. The van der Waals surface area contributed by atoms with E-state index in [9.17, 15) is 5.11 Å². The van der Waals surface area contributed by atoms with E-state index in [1.54, 1.807) is 0 Å². The van der Waals surface area contributed by atoms with Crippen molar-refractivity contribution in [3.05, 3.63) is 28.8 Å². The van der Waals surface area contributed by atoms with Gasteiger partial charge in [0.15, 0.2) is 6.10 Å². The minimum Gasteiger partial charge on any atom is -0.385 e. The van der Waals surface area contributed by atoms with E-state index in [4.69, 9.17) is 22.0 Å². The Morgan fingerprint density at radius 3 is 2.62 bits per heavy atom. The van der Waals surface area contributed by atoms with Gasteiger partial charge in [-0.1, -0.05) is 17.7 Å². The summed E-state index contributed by atoms with van der Waals surface area (Å²) in [6, 6.07) is 5.97. The Labute approximate surface area is 102 Å². The molecular weight excluding hydrogens is 248 g/mol. The van der Waals surface area contributed by atoms with Gasteiger partial charge in [-0.05, 0) is 29.9 Å². The molecule has 2 N–H and O–H groups in total. The summed E-state index contributed by atoms with van der Waals surface area (Å²) in [6.45, 7) is 0. The van der Waals surface area contributed by atoms with Gasteiger partial charge >= 0.3 is 0 Å². The van der Waals surface area contributed by atoms with Gasteiger partial charge in [0.25, 0.3) is 0 Å². The summed E-state index contributed by atoms with van der Waals surface area (Å²) in [5.41, 5.74) is 0.751. The molecule has 2 unspecified atom stereocenters. The maximum absolute atomic E-state index is 9.54. The molecule has 0 spiro atoms. The first-order valence-corrected chi connectivity index (χ1v) is 5.02. The predicted octanol–water partition coefficient (Wildman–Crippen LogP) is 1.99. The van der Waals surface area contributed by atoms with E-state index < -0.39 is 12.2 Å². The SMILES string of the molecule is N#CC(O)C(O)c1ccc(N=C=S)c(Cl)c1. The van der Waals surface area contributed by atoms with Crippen LogP contribution in [0.5, 0.6) is 0 Å². The largest absolute Gasteiger partial charge is 0.385 e. The van der Waals surface area contributed by atoms with Crippen molar-refractivity contribution < 1.29 is 10.2 Å². The molecule has 0 saturated heterocycles. The van der Waals surface area contributed by atoms with Crippen molar-refractivity contribution in [2.45, 2.75) is 12.2 Å². The van der Waals surface area contributed by atoms with Crippen LogP contribution in [0.15, 0.2) is 23.2 Å². The first-order chi connectivity index (χ1) is 7.60. The van der Waals surface area contributed by atoms with Crippen molar-refractivity contribution in [2.24, 2.45) is 4.99 Å². The average molecular weight is 255 g/mol. The molecule has 2 atom stereocenters. The molecule has 0 fully saturated rings. The Morgan fingerprint density at radius 2 is 2.12 bits per heavy atom. The molecule has 0 saturated carbocycles. The Kier molecular flexibility index (Phi) is 4.56. The molecule has 6 heteroatoms. The summed E-state index contributed by atoms with van der Waals surface area (Å²) >= 11 is 10.3. The van der Waals surface area contributed by atoms with Crippen molar-refractivity contribution in [2.75, 3.05) is 0 Å². The average Bonchev–Trinajstić information content (AvgIpc) is 2.30. The quantitative estimate of drug-likeness (QED) is 0.491. The fourth-order valence-electron chi connectivity index (χ4n) is 1.10. The molecule has 0 amide bonds. The number of nitriles is 1. The van der Waals surface area contributed by atoms with Crippen molar-refractivity contribution in [3.8, 4) is 6.07 Å². The summed E-state index contributed by atoms with van der Waals surface area (Å²) in [5, 5.41) is 29.5. The molecule has 0 bridgehead atoms. The zero-order valence-corrected chi connectivity index (χ0v) is 9.53. The smallest absolute Gasteiger partial charge is 0.170 e. The Balaban J connectivity index is 3.06. The minimum absolute atomic E-state index is 0.263. The van der Waals surface area contributed by atoms with Gasteiger partial charge in [0, 0.05) is 0 Å². The fourth-order valence-corrected chi connectivity index (χ4v) is 1.43. The van der Waals surface area contributed by atoms with Crippen molar-refractivity contribution in [3.63, 3.8) is 0 Å². The van der Waals surface area contributed by atoms with Crippen molar-refractivity contribution in [1.82, 2.24) is 0 Å². The molecule has 0 aliphatic carbocycles. The Bertz CT molecular complexity index is 480. The summed E-state index contributed by atoms with van der Waals surface area (Å²) in [5.74, 6) is 0. The number of benzene rings is 1. The maximum atomic E-state index is 9.54. The number of rotatable bonds is 3. The number of nitrogens with zero attached hydrogens (tertiary/aromatic N) is 2. The van der Waals surface area contributed by atoms with Gasteiger partial charge < -0.3 is 10.2 Å². The van der Waals surface area contributed by atoms with Crippen molar-refractivity contribution in [1.29, 1.82) is 5.26 Å². The maximum Gasteiger partial charge on any atom is 0.170 e. The number of aliphatic hydroxyl groups excluding tert-OH is 2. The molecule has 0 aromatic heterocycles. The molecule has 1 aromatic carbocycles. The second-order valence-electron chi connectivity index (χ2n) is 2.93. The van der Waals surface area contributed by atoms with Crippen LogP contribution >= 0.6 is 23.8 Å². The number of aliphatic imine (C=N–C) groups is 1. The van der Waals surface area contributed by atoms with Crippen LogP contribution in [0.25, 0.3) is 0 Å². The van der Waals surface area contributed by atoms with Gasteiger partial charge in [0.2, 0.25) is 0 Å². The molecule has 1 rings (SSSR count). The summed E-state index contributed by atoms with van der Waals surface area (Å²) < 4.78 is 0. The molecule has 0 aliphatic heterocycles.